The van der Waals surface area contributed by atoms with Gasteiger partial charge >= 0.3 is 0 Å². The van der Waals surface area contributed by atoms with Crippen LogP contribution in [0.25, 0.3) is 0 Å². The third-order valence-electron chi connectivity index (χ3n) is 2.66. The molecule has 0 saturated carbocycles. The van der Waals surface area contributed by atoms with Gasteiger partial charge in [0.1, 0.15) is 5.82 Å². The minimum absolute atomic E-state index is 0.263. The lowest BCUT2D eigenvalue weighted by atomic mass is 10.1. The lowest BCUT2D eigenvalue weighted by Crippen LogP contribution is -2.08. The molecule has 0 fully saturated rings. The first kappa shape index (κ1) is 11.7. The van der Waals surface area contributed by atoms with Crippen LogP contribution in [0.3, 0.4) is 0 Å². The third kappa shape index (κ3) is 2.50. The number of halogens is 1. The Balaban J connectivity index is 2.20. The van der Waals surface area contributed by atoms with Crippen LogP contribution in [-0.2, 0) is 13.5 Å². The number of aliphatic hydroxyl groups excluding tert-OH is 1. The molecule has 1 unspecified atom stereocenters. The van der Waals surface area contributed by atoms with Gasteiger partial charge < -0.3 is 5.11 Å². The van der Waals surface area contributed by atoms with E-state index >= 15 is 0 Å². The van der Waals surface area contributed by atoms with E-state index in [1.54, 1.807) is 11.7 Å². The minimum atomic E-state index is -0.882. The molecule has 2 heterocycles. The van der Waals surface area contributed by atoms with Crippen molar-refractivity contribution in [2.45, 2.75) is 19.4 Å². The number of rotatable bonds is 3. The summed E-state index contributed by atoms with van der Waals surface area (Å²) in [6, 6.07) is 3.37. The predicted molar refractivity (Wildman–Crippen MR) is 60.8 cm³/mol. The highest BCUT2D eigenvalue weighted by molar-refractivity contribution is 5.19. The first-order chi connectivity index (χ1) is 8.08. The van der Waals surface area contributed by atoms with Crippen molar-refractivity contribution in [2.75, 3.05) is 0 Å². The molecule has 0 saturated heterocycles. The van der Waals surface area contributed by atoms with Gasteiger partial charge in [-0.1, -0.05) is 0 Å². The summed E-state index contributed by atoms with van der Waals surface area (Å²) < 4.78 is 15.1. The average Bonchev–Trinajstić information content (AvgIpc) is 2.58. The van der Waals surface area contributed by atoms with Crippen LogP contribution >= 0.6 is 0 Å². The van der Waals surface area contributed by atoms with E-state index in [4.69, 9.17) is 0 Å². The Morgan fingerprint density at radius 2 is 2.29 bits per heavy atom. The number of aryl methyl sites for hydroxylation is 2. The minimum Gasteiger partial charge on any atom is -0.388 e. The zero-order valence-electron chi connectivity index (χ0n) is 9.76. The fraction of sp³-hybridized carbons (Fsp3) is 0.333. The molecule has 2 aromatic rings. The van der Waals surface area contributed by atoms with Crippen molar-refractivity contribution in [1.82, 2.24) is 14.8 Å². The van der Waals surface area contributed by atoms with Gasteiger partial charge in [-0.3, -0.25) is 9.67 Å². The third-order valence-corrected chi connectivity index (χ3v) is 2.66. The fourth-order valence-corrected chi connectivity index (χ4v) is 1.82. The summed E-state index contributed by atoms with van der Waals surface area (Å²) in [5, 5.41) is 14.2. The van der Waals surface area contributed by atoms with Crippen LogP contribution in [0.15, 0.2) is 24.5 Å². The van der Waals surface area contributed by atoms with Gasteiger partial charge in [0.15, 0.2) is 0 Å². The lowest BCUT2D eigenvalue weighted by Gasteiger charge is -2.11. The second-order valence-electron chi connectivity index (χ2n) is 4.02. The first-order valence-corrected chi connectivity index (χ1v) is 5.35. The summed E-state index contributed by atoms with van der Waals surface area (Å²) in [5.74, 6) is -0.487. The Morgan fingerprint density at radius 1 is 1.53 bits per heavy atom. The van der Waals surface area contributed by atoms with Crippen LogP contribution in [0.4, 0.5) is 4.39 Å². The number of aliphatic hydroxyl groups is 1. The molecule has 0 aliphatic rings. The van der Waals surface area contributed by atoms with E-state index in [1.165, 1.54) is 12.3 Å². The number of hydrogen-bond donors (Lipinski definition) is 1. The highest BCUT2D eigenvalue weighted by Gasteiger charge is 2.15. The van der Waals surface area contributed by atoms with Crippen LogP contribution < -0.4 is 0 Å². The normalized spacial score (nSPS) is 12.7. The van der Waals surface area contributed by atoms with E-state index in [0.29, 0.717) is 6.42 Å². The summed E-state index contributed by atoms with van der Waals surface area (Å²) in [7, 11) is 1.80. The Kier molecular flexibility index (Phi) is 3.19. The van der Waals surface area contributed by atoms with Gasteiger partial charge in [-0.25, -0.2) is 4.39 Å². The maximum Gasteiger partial charge on any atom is 0.147 e. The monoisotopic (exact) mass is 235 g/mol. The molecule has 0 radical (unpaired) electrons. The maximum absolute atomic E-state index is 13.4. The highest BCUT2D eigenvalue weighted by atomic mass is 19.1. The molecule has 0 amide bonds. The zero-order valence-corrected chi connectivity index (χ0v) is 9.76. The molecule has 0 bridgehead atoms. The second kappa shape index (κ2) is 4.63. The first-order valence-electron chi connectivity index (χ1n) is 5.35. The Morgan fingerprint density at radius 3 is 2.88 bits per heavy atom. The van der Waals surface area contributed by atoms with Crippen LogP contribution in [-0.4, -0.2) is 19.9 Å². The molecule has 1 N–H and O–H groups in total. The molecule has 4 nitrogen and oxygen atoms in total. The van der Waals surface area contributed by atoms with E-state index < -0.39 is 11.9 Å². The Bertz CT molecular complexity index is 524. The molecular formula is C12H14FN3O. The highest BCUT2D eigenvalue weighted by Crippen LogP contribution is 2.20. The van der Waals surface area contributed by atoms with Gasteiger partial charge in [0.05, 0.1) is 18.0 Å². The van der Waals surface area contributed by atoms with E-state index in [2.05, 4.69) is 10.1 Å². The van der Waals surface area contributed by atoms with Crippen molar-refractivity contribution >= 4 is 0 Å². The van der Waals surface area contributed by atoms with Crippen molar-refractivity contribution in [3.05, 3.63) is 47.3 Å². The number of hydrogen-bond acceptors (Lipinski definition) is 3. The molecule has 5 heteroatoms. The van der Waals surface area contributed by atoms with Crippen molar-refractivity contribution < 1.29 is 9.50 Å². The Hall–Kier alpha value is -1.75. The van der Waals surface area contributed by atoms with Crippen molar-refractivity contribution in [1.29, 1.82) is 0 Å². The predicted octanol–water partition coefficient (Wildman–Crippen LogP) is 1.54. The van der Waals surface area contributed by atoms with Gasteiger partial charge in [0.25, 0.3) is 0 Å². The topological polar surface area (TPSA) is 50.9 Å². The smallest absolute Gasteiger partial charge is 0.147 e. The molecule has 2 rings (SSSR count). The molecule has 0 aliphatic heterocycles. The number of aromatic nitrogens is 3. The SMILES string of the molecule is Cc1cc(CC(O)c2ccncc2F)n(C)n1. The largest absolute Gasteiger partial charge is 0.388 e. The van der Waals surface area contributed by atoms with Crippen LogP contribution in [0, 0.1) is 12.7 Å². The van der Waals surface area contributed by atoms with Crippen LogP contribution in [0.2, 0.25) is 0 Å². The summed E-state index contributed by atoms with van der Waals surface area (Å²) in [6.45, 7) is 1.88. The molecule has 0 aromatic carbocycles. The number of nitrogens with zero attached hydrogens (tertiary/aromatic N) is 3. The van der Waals surface area contributed by atoms with E-state index in [-0.39, 0.29) is 5.56 Å². The zero-order chi connectivity index (χ0) is 12.4. The summed E-state index contributed by atoms with van der Waals surface area (Å²) in [5.41, 5.74) is 2.01. The quantitative estimate of drug-likeness (QED) is 0.878. The number of pyridine rings is 1. The van der Waals surface area contributed by atoms with Crippen molar-refractivity contribution in [3.8, 4) is 0 Å². The summed E-state index contributed by atoms with van der Waals surface area (Å²) >= 11 is 0. The summed E-state index contributed by atoms with van der Waals surface area (Å²) in [4.78, 5) is 3.65. The van der Waals surface area contributed by atoms with E-state index in [0.717, 1.165) is 17.6 Å². The van der Waals surface area contributed by atoms with Gasteiger partial charge in [-0.2, -0.15) is 5.10 Å². The van der Waals surface area contributed by atoms with Crippen LogP contribution in [0.1, 0.15) is 23.1 Å². The van der Waals surface area contributed by atoms with E-state index in [1.807, 2.05) is 13.0 Å². The molecule has 2 aromatic heterocycles. The molecule has 90 valence electrons. The molecule has 1 atom stereocenters. The molecule has 0 aliphatic carbocycles. The molecule has 17 heavy (non-hydrogen) atoms. The van der Waals surface area contributed by atoms with Crippen LogP contribution in [0.5, 0.6) is 0 Å². The van der Waals surface area contributed by atoms with E-state index in [9.17, 15) is 9.50 Å². The van der Waals surface area contributed by atoms with Gasteiger partial charge in [0, 0.05) is 30.9 Å². The molecule has 0 spiro atoms. The molecular weight excluding hydrogens is 221 g/mol. The Labute approximate surface area is 98.7 Å². The van der Waals surface area contributed by atoms with Gasteiger partial charge in [0.2, 0.25) is 0 Å². The summed E-state index contributed by atoms with van der Waals surface area (Å²) in [6.07, 6.45) is 2.02. The fourth-order valence-electron chi connectivity index (χ4n) is 1.82. The standard InChI is InChI=1S/C12H14FN3O/c1-8-5-9(16(2)15-8)6-12(17)10-3-4-14-7-11(10)13/h3-5,7,12,17H,6H2,1-2H3. The van der Waals surface area contributed by atoms with Crippen molar-refractivity contribution in [2.24, 2.45) is 7.05 Å². The maximum atomic E-state index is 13.4. The average molecular weight is 235 g/mol. The van der Waals surface area contributed by atoms with Gasteiger partial charge in [-0.05, 0) is 19.1 Å². The van der Waals surface area contributed by atoms with Crippen molar-refractivity contribution in [3.63, 3.8) is 0 Å². The van der Waals surface area contributed by atoms with Gasteiger partial charge in [-0.15, -0.1) is 0 Å². The lowest BCUT2D eigenvalue weighted by molar-refractivity contribution is 0.171. The second-order valence-corrected chi connectivity index (χ2v) is 4.02.